The Labute approximate surface area is 125 Å². The Balaban J connectivity index is 1.59. The maximum Gasteiger partial charge on any atom is 0.237 e. The van der Waals surface area contributed by atoms with Crippen LogP contribution >= 0.6 is 0 Å². The quantitative estimate of drug-likeness (QED) is 0.762. The van der Waals surface area contributed by atoms with Gasteiger partial charge in [-0.15, -0.1) is 0 Å². The highest BCUT2D eigenvalue weighted by Gasteiger charge is 2.25. The number of para-hydroxylation sites is 1. The van der Waals surface area contributed by atoms with E-state index in [1.165, 1.54) is 12.8 Å². The van der Waals surface area contributed by atoms with E-state index in [2.05, 4.69) is 23.3 Å². The number of hydrogen-bond donors (Lipinski definition) is 3. The lowest BCUT2D eigenvalue weighted by molar-refractivity contribution is -0.123. The van der Waals surface area contributed by atoms with Crippen molar-refractivity contribution in [3.63, 3.8) is 0 Å². The minimum absolute atomic E-state index is 0.0477. The number of aromatic amines is 1. The maximum absolute atomic E-state index is 12.2. The standard InChI is InChI=1S/C17H23N3O/c1-11(8-12-6-7-12)20-17(21)15(18)9-13-10-19-16-5-3-2-4-14(13)16/h2-5,10-12,15,19H,6-9,18H2,1H3,(H,20,21)/t11?,15-/m0/s1. The first-order chi connectivity index (χ1) is 10.1. The Kier molecular flexibility index (Phi) is 3.97. The zero-order valence-electron chi connectivity index (χ0n) is 12.4. The Morgan fingerprint density at radius 2 is 2.19 bits per heavy atom. The summed E-state index contributed by atoms with van der Waals surface area (Å²) in [5.41, 5.74) is 8.25. The second-order valence-electron chi connectivity index (χ2n) is 6.26. The molecule has 0 radical (unpaired) electrons. The molecule has 112 valence electrons. The molecule has 21 heavy (non-hydrogen) atoms. The summed E-state index contributed by atoms with van der Waals surface area (Å²) in [7, 11) is 0. The van der Waals surface area contributed by atoms with Crippen molar-refractivity contribution in [3.05, 3.63) is 36.0 Å². The number of aromatic nitrogens is 1. The predicted octanol–water partition coefficient (Wildman–Crippen LogP) is 2.34. The monoisotopic (exact) mass is 285 g/mol. The van der Waals surface area contributed by atoms with Gasteiger partial charge in [-0.25, -0.2) is 0 Å². The first-order valence-electron chi connectivity index (χ1n) is 7.74. The molecule has 2 aromatic rings. The third-order valence-corrected chi connectivity index (χ3v) is 4.22. The number of nitrogens with two attached hydrogens (primary N) is 1. The van der Waals surface area contributed by atoms with Gasteiger partial charge in [-0.05, 0) is 37.3 Å². The summed E-state index contributed by atoms with van der Waals surface area (Å²) in [5.74, 6) is 0.763. The molecule has 1 heterocycles. The van der Waals surface area contributed by atoms with Crippen LogP contribution in [-0.4, -0.2) is 23.0 Å². The van der Waals surface area contributed by atoms with Crippen molar-refractivity contribution in [1.82, 2.24) is 10.3 Å². The van der Waals surface area contributed by atoms with E-state index >= 15 is 0 Å². The van der Waals surface area contributed by atoms with Crippen LogP contribution in [0.5, 0.6) is 0 Å². The fraction of sp³-hybridized carbons (Fsp3) is 0.471. The number of amides is 1. The topological polar surface area (TPSA) is 70.9 Å². The summed E-state index contributed by atoms with van der Waals surface area (Å²) >= 11 is 0. The van der Waals surface area contributed by atoms with Crippen molar-refractivity contribution in [3.8, 4) is 0 Å². The molecule has 0 saturated heterocycles. The van der Waals surface area contributed by atoms with Crippen molar-refractivity contribution in [2.24, 2.45) is 11.7 Å². The first-order valence-corrected chi connectivity index (χ1v) is 7.74. The number of rotatable bonds is 6. The van der Waals surface area contributed by atoms with Crippen molar-refractivity contribution in [2.45, 2.75) is 44.7 Å². The molecule has 1 aromatic carbocycles. The summed E-state index contributed by atoms with van der Waals surface area (Å²) in [5, 5.41) is 4.18. The van der Waals surface area contributed by atoms with E-state index in [1.54, 1.807) is 0 Å². The lowest BCUT2D eigenvalue weighted by Gasteiger charge is -2.17. The third kappa shape index (κ3) is 3.45. The molecule has 3 rings (SSSR count). The van der Waals surface area contributed by atoms with Gasteiger partial charge in [-0.1, -0.05) is 31.0 Å². The molecule has 1 unspecified atom stereocenters. The molecular formula is C17H23N3O. The van der Waals surface area contributed by atoms with Crippen molar-refractivity contribution in [2.75, 3.05) is 0 Å². The van der Waals surface area contributed by atoms with E-state index in [-0.39, 0.29) is 11.9 Å². The van der Waals surface area contributed by atoms with Gasteiger partial charge in [0.05, 0.1) is 6.04 Å². The molecule has 0 bridgehead atoms. The summed E-state index contributed by atoms with van der Waals surface area (Å²) in [4.78, 5) is 15.4. The summed E-state index contributed by atoms with van der Waals surface area (Å²) in [6, 6.07) is 7.81. The molecule has 1 aromatic heterocycles. The number of carbonyl (C=O) groups is 1. The zero-order valence-corrected chi connectivity index (χ0v) is 12.4. The normalized spacial score (nSPS) is 17.6. The van der Waals surface area contributed by atoms with Gasteiger partial charge < -0.3 is 16.0 Å². The summed E-state index contributed by atoms with van der Waals surface area (Å²) in [6.07, 6.45) is 6.20. The van der Waals surface area contributed by atoms with Gasteiger partial charge in [0.25, 0.3) is 0 Å². The van der Waals surface area contributed by atoms with Gasteiger partial charge in [-0.3, -0.25) is 4.79 Å². The Bertz CT molecular complexity index is 630. The zero-order chi connectivity index (χ0) is 14.8. The molecule has 0 spiro atoms. The molecule has 1 saturated carbocycles. The van der Waals surface area contributed by atoms with Gasteiger partial charge >= 0.3 is 0 Å². The number of benzene rings is 1. The van der Waals surface area contributed by atoms with Crippen molar-refractivity contribution < 1.29 is 4.79 Å². The molecule has 1 aliphatic carbocycles. The van der Waals surface area contributed by atoms with Gasteiger partial charge in [-0.2, -0.15) is 0 Å². The molecule has 2 atom stereocenters. The molecule has 4 nitrogen and oxygen atoms in total. The number of hydrogen-bond acceptors (Lipinski definition) is 2. The molecule has 4 N–H and O–H groups in total. The lowest BCUT2D eigenvalue weighted by Crippen LogP contribution is -2.45. The molecule has 4 heteroatoms. The fourth-order valence-electron chi connectivity index (χ4n) is 2.89. The number of fused-ring (bicyclic) bond motifs is 1. The number of H-pyrrole nitrogens is 1. The minimum Gasteiger partial charge on any atom is -0.361 e. The highest BCUT2D eigenvalue weighted by atomic mass is 16.2. The third-order valence-electron chi connectivity index (χ3n) is 4.22. The van der Waals surface area contributed by atoms with Crippen molar-refractivity contribution >= 4 is 16.8 Å². The van der Waals surface area contributed by atoms with E-state index in [1.807, 2.05) is 24.4 Å². The minimum atomic E-state index is -0.495. The van der Waals surface area contributed by atoms with Gasteiger partial charge in [0.2, 0.25) is 5.91 Å². The average Bonchev–Trinajstić information content (AvgIpc) is 3.18. The molecule has 1 fully saturated rings. The Morgan fingerprint density at radius 3 is 2.95 bits per heavy atom. The van der Waals surface area contributed by atoms with E-state index in [4.69, 9.17) is 5.73 Å². The smallest absolute Gasteiger partial charge is 0.237 e. The average molecular weight is 285 g/mol. The van der Waals surface area contributed by atoms with Gasteiger partial charge in [0.15, 0.2) is 0 Å². The van der Waals surface area contributed by atoms with Crippen LogP contribution in [0.25, 0.3) is 10.9 Å². The summed E-state index contributed by atoms with van der Waals surface area (Å²) < 4.78 is 0. The van der Waals surface area contributed by atoms with Crippen LogP contribution in [0.3, 0.4) is 0 Å². The molecule has 0 aliphatic heterocycles. The molecule has 1 amide bonds. The van der Waals surface area contributed by atoms with Crippen LogP contribution in [0.1, 0.15) is 31.7 Å². The van der Waals surface area contributed by atoms with Crippen LogP contribution in [0.4, 0.5) is 0 Å². The largest absolute Gasteiger partial charge is 0.361 e. The maximum atomic E-state index is 12.2. The second-order valence-corrected chi connectivity index (χ2v) is 6.26. The van der Waals surface area contributed by atoms with Crippen LogP contribution in [-0.2, 0) is 11.2 Å². The van der Waals surface area contributed by atoms with Crippen molar-refractivity contribution in [1.29, 1.82) is 0 Å². The number of carbonyl (C=O) groups excluding carboxylic acids is 1. The Hall–Kier alpha value is -1.81. The second kappa shape index (κ2) is 5.90. The van der Waals surface area contributed by atoms with E-state index < -0.39 is 6.04 Å². The Morgan fingerprint density at radius 1 is 1.43 bits per heavy atom. The van der Waals surface area contributed by atoms with Crippen LogP contribution < -0.4 is 11.1 Å². The highest BCUT2D eigenvalue weighted by Crippen LogP contribution is 2.33. The lowest BCUT2D eigenvalue weighted by atomic mass is 10.0. The summed E-state index contributed by atoms with van der Waals surface area (Å²) in [6.45, 7) is 2.06. The fourth-order valence-corrected chi connectivity index (χ4v) is 2.89. The van der Waals surface area contributed by atoms with E-state index in [0.717, 1.165) is 28.8 Å². The van der Waals surface area contributed by atoms with Gasteiger partial charge in [0.1, 0.15) is 0 Å². The SMILES string of the molecule is CC(CC1CC1)NC(=O)[C@@H](N)Cc1c[nH]c2ccccc12. The van der Waals surface area contributed by atoms with E-state index in [9.17, 15) is 4.79 Å². The first kappa shape index (κ1) is 14.1. The van der Waals surface area contributed by atoms with Crippen LogP contribution in [0.2, 0.25) is 0 Å². The van der Waals surface area contributed by atoms with Crippen LogP contribution in [0.15, 0.2) is 30.5 Å². The molecular weight excluding hydrogens is 262 g/mol. The number of nitrogens with one attached hydrogen (secondary N) is 2. The highest BCUT2D eigenvalue weighted by molar-refractivity contribution is 5.86. The predicted molar refractivity (Wildman–Crippen MR) is 84.9 cm³/mol. The van der Waals surface area contributed by atoms with Crippen LogP contribution in [0, 0.1) is 5.92 Å². The molecule has 1 aliphatic rings. The van der Waals surface area contributed by atoms with E-state index in [0.29, 0.717) is 6.42 Å². The van der Waals surface area contributed by atoms with Gasteiger partial charge in [0, 0.05) is 23.1 Å².